The molecule has 3 aromatic rings. The van der Waals surface area contributed by atoms with Gasteiger partial charge in [-0.1, -0.05) is 29.5 Å². The summed E-state index contributed by atoms with van der Waals surface area (Å²) in [6, 6.07) is 14.1. The van der Waals surface area contributed by atoms with Crippen molar-refractivity contribution in [2.45, 2.75) is 35.4 Å². The first-order valence-corrected chi connectivity index (χ1v) is 11.5. The first-order valence-electron chi connectivity index (χ1n) is 9.87. The number of anilines is 1. The molecule has 1 aromatic carbocycles. The Hall–Kier alpha value is -2.91. The van der Waals surface area contributed by atoms with E-state index in [0.29, 0.717) is 12.5 Å². The number of urea groups is 1. The van der Waals surface area contributed by atoms with E-state index >= 15 is 0 Å². The molecule has 31 heavy (non-hydrogen) atoms. The number of carbonyl (C=O) groups is 2. The number of amides is 3. The lowest BCUT2D eigenvalue weighted by Crippen LogP contribution is -2.40. The van der Waals surface area contributed by atoms with Gasteiger partial charge in [-0.3, -0.25) is 9.69 Å². The van der Waals surface area contributed by atoms with Crippen LogP contribution in [0.15, 0.2) is 57.8 Å². The van der Waals surface area contributed by atoms with E-state index in [9.17, 15) is 9.59 Å². The highest BCUT2D eigenvalue weighted by molar-refractivity contribution is 8.01. The maximum atomic E-state index is 12.3. The summed E-state index contributed by atoms with van der Waals surface area (Å²) in [5, 5.41) is 5.78. The Kier molecular flexibility index (Phi) is 5.97. The van der Waals surface area contributed by atoms with E-state index in [1.54, 1.807) is 43.1 Å². The molecule has 1 aliphatic rings. The topological polar surface area (TPSA) is 87.2 Å². The number of benzene rings is 1. The molecular weight excluding hydrogens is 430 g/mol. The third-order valence-corrected chi connectivity index (χ3v) is 6.99. The highest BCUT2D eigenvalue weighted by Gasteiger charge is 2.43. The molecule has 9 heteroatoms. The average Bonchev–Trinajstić information content (AvgIpc) is 3.26. The van der Waals surface area contributed by atoms with Gasteiger partial charge in [0.1, 0.15) is 5.54 Å². The van der Waals surface area contributed by atoms with Crippen LogP contribution in [0.5, 0.6) is 0 Å². The van der Waals surface area contributed by atoms with E-state index in [2.05, 4.69) is 63.9 Å². The van der Waals surface area contributed by atoms with Crippen molar-refractivity contribution in [3.05, 3.63) is 54.2 Å². The van der Waals surface area contributed by atoms with E-state index in [-0.39, 0.29) is 18.5 Å². The summed E-state index contributed by atoms with van der Waals surface area (Å²) in [5.41, 5.74) is 1.21. The Balaban J connectivity index is 1.38. The molecule has 0 atom stereocenters. The second-order valence-electron chi connectivity index (χ2n) is 7.74. The predicted octanol–water partition coefficient (Wildman–Crippen LogP) is 4.41. The number of carbonyl (C=O) groups excluding carboxylic acids is 2. The van der Waals surface area contributed by atoms with E-state index < -0.39 is 5.54 Å². The summed E-state index contributed by atoms with van der Waals surface area (Å²) in [6.45, 7) is 6.10. The third kappa shape index (κ3) is 4.88. The fourth-order valence-corrected chi connectivity index (χ4v) is 5.38. The van der Waals surface area contributed by atoms with Crippen LogP contribution in [-0.2, 0) is 4.79 Å². The molecule has 2 N–H and O–H groups in total. The summed E-state index contributed by atoms with van der Waals surface area (Å²) in [7, 11) is 0. The lowest BCUT2D eigenvalue weighted by Gasteiger charge is -2.16. The molecule has 0 unspecified atom stereocenters. The van der Waals surface area contributed by atoms with Crippen molar-refractivity contribution in [3.8, 4) is 10.6 Å². The SMILES string of the molecule is Cc1cccc(Sc2ccc(-c3ccnc(NCCN4C(=O)NC(C)(C)C4=O)n3)s2)c1. The van der Waals surface area contributed by atoms with Crippen LogP contribution in [0.2, 0.25) is 0 Å². The van der Waals surface area contributed by atoms with Crippen LogP contribution in [0.3, 0.4) is 0 Å². The zero-order valence-corrected chi connectivity index (χ0v) is 19.1. The van der Waals surface area contributed by atoms with Gasteiger partial charge in [0, 0.05) is 24.2 Å². The summed E-state index contributed by atoms with van der Waals surface area (Å²) in [4.78, 5) is 36.5. The Labute approximate surface area is 189 Å². The third-order valence-electron chi connectivity index (χ3n) is 4.76. The van der Waals surface area contributed by atoms with E-state index in [1.807, 2.05) is 6.07 Å². The Morgan fingerprint density at radius 3 is 2.77 bits per heavy atom. The number of nitrogens with one attached hydrogen (secondary N) is 2. The van der Waals surface area contributed by atoms with E-state index in [0.717, 1.165) is 10.6 Å². The maximum absolute atomic E-state index is 12.3. The molecule has 2 aromatic heterocycles. The zero-order valence-electron chi connectivity index (χ0n) is 17.5. The van der Waals surface area contributed by atoms with E-state index in [1.165, 1.54) is 19.6 Å². The standard InChI is InChI=1S/C22H23N5O2S2/c1-14-5-4-6-15(13-14)30-18-8-7-17(31-18)16-9-10-23-20(25-16)24-11-12-27-19(28)22(2,3)26-21(27)29/h4-10,13H,11-12H2,1-3H3,(H,26,29)(H,23,24,25). The lowest BCUT2D eigenvalue weighted by atomic mass is 10.1. The molecule has 4 rings (SSSR count). The molecule has 7 nitrogen and oxygen atoms in total. The molecule has 0 saturated carbocycles. The highest BCUT2D eigenvalue weighted by atomic mass is 32.2. The van der Waals surface area contributed by atoms with Crippen molar-refractivity contribution in [1.82, 2.24) is 20.2 Å². The fraction of sp³-hybridized carbons (Fsp3) is 0.273. The van der Waals surface area contributed by atoms with Crippen molar-refractivity contribution in [3.63, 3.8) is 0 Å². The zero-order chi connectivity index (χ0) is 22.0. The molecule has 0 bridgehead atoms. The van der Waals surface area contributed by atoms with Gasteiger partial charge in [0.15, 0.2) is 0 Å². The van der Waals surface area contributed by atoms with Crippen LogP contribution >= 0.6 is 23.1 Å². The molecule has 3 amide bonds. The van der Waals surface area contributed by atoms with Crippen molar-refractivity contribution in [2.24, 2.45) is 0 Å². The largest absolute Gasteiger partial charge is 0.352 e. The summed E-state index contributed by atoms with van der Waals surface area (Å²) in [6.07, 6.45) is 1.70. The van der Waals surface area contributed by atoms with Gasteiger partial charge in [-0.25, -0.2) is 14.8 Å². The minimum Gasteiger partial charge on any atom is -0.352 e. The lowest BCUT2D eigenvalue weighted by molar-refractivity contribution is -0.130. The molecule has 3 heterocycles. The fourth-order valence-electron chi connectivity index (χ4n) is 3.19. The second-order valence-corrected chi connectivity index (χ2v) is 10.2. The molecule has 160 valence electrons. The number of hydrogen-bond donors (Lipinski definition) is 2. The number of nitrogens with zero attached hydrogens (tertiary/aromatic N) is 3. The van der Waals surface area contributed by atoms with Crippen molar-refractivity contribution < 1.29 is 9.59 Å². The normalized spacial score (nSPS) is 15.3. The number of hydrogen-bond acceptors (Lipinski definition) is 7. The summed E-state index contributed by atoms with van der Waals surface area (Å²) < 4.78 is 1.19. The van der Waals surface area contributed by atoms with Gasteiger partial charge in [-0.05, 0) is 51.1 Å². The first-order chi connectivity index (χ1) is 14.8. The van der Waals surface area contributed by atoms with Crippen molar-refractivity contribution >= 4 is 41.0 Å². The van der Waals surface area contributed by atoms with Crippen LogP contribution < -0.4 is 10.6 Å². The monoisotopic (exact) mass is 453 g/mol. The van der Waals surface area contributed by atoms with Gasteiger partial charge in [0.2, 0.25) is 5.95 Å². The Bertz CT molecular complexity index is 1130. The Morgan fingerprint density at radius 2 is 2.03 bits per heavy atom. The van der Waals surface area contributed by atoms with Gasteiger partial charge in [-0.2, -0.15) is 0 Å². The predicted molar refractivity (Wildman–Crippen MR) is 123 cm³/mol. The summed E-state index contributed by atoms with van der Waals surface area (Å²) in [5.74, 6) is 0.233. The number of aromatic nitrogens is 2. The highest BCUT2D eigenvalue weighted by Crippen LogP contribution is 2.37. The molecule has 1 aliphatic heterocycles. The van der Waals surface area contributed by atoms with Crippen LogP contribution in [0.25, 0.3) is 10.6 Å². The molecule has 0 spiro atoms. The second kappa shape index (κ2) is 8.68. The molecule has 1 saturated heterocycles. The maximum Gasteiger partial charge on any atom is 0.325 e. The van der Waals surface area contributed by atoms with Crippen LogP contribution in [0, 0.1) is 6.92 Å². The average molecular weight is 454 g/mol. The molecule has 1 fully saturated rings. The number of aryl methyl sites for hydroxylation is 1. The van der Waals surface area contributed by atoms with Gasteiger partial charge < -0.3 is 10.6 Å². The number of thiophene rings is 1. The van der Waals surface area contributed by atoms with Crippen LogP contribution in [0.1, 0.15) is 19.4 Å². The van der Waals surface area contributed by atoms with Crippen molar-refractivity contribution in [2.75, 3.05) is 18.4 Å². The van der Waals surface area contributed by atoms with Crippen LogP contribution in [-0.4, -0.2) is 45.4 Å². The quantitative estimate of drug-likeness (QED) is 0.516. The van der Waals surface area contributed by atoms with Gasteiger partial charge in [0.25, 0.3) is 5.91 Å². The van der Waals surface area contributed by atoms with Crippen molar-refractivity contribution in [1.29, 1.82) is 0 Å². The van der Waals surface area contributed by atoms with Gasteiger partial charge in [-0.15, -0.1) is 11.3 Å². The summed E-state index contributed by atoms with van der Waals surface area (Å²) >= 11 is 3.41. The minimum atomic E-state index is -0.860. The minimum absolute atomic E-state index is 0.230. The number of rotatable bonds is 7. The van der Waals surface area contributed by atoms with E-state index in [4.69, 9.17) is 0 Å². The van der Waals surface area contributed by atoms with Gasteiger partial charge >= 0.3 is 6.03 Å². The van der Waals surface area contributed by atoms with Crippen LogP contribution in [0.4, 0.5) is 10.7 Å². The molecule has 0 radical (unpaired) electrons. The number of imide groups is 1. The smallest absolute Gasteiger partial charge is 0.325 e. The van der Waals surface area contributed by atoms with Gasteiger partial charge in [0.05, 0.1) is 14.8 Å². The molecule has 0 aliphatic carbocycles. The molecular formula is C22H23N5O2S2. The first kappa shape index (κ1) is 21.3. The Morgan fingerprint density at radius 1 is 1.19 bits per heavy atom.